The Labute approximate surface area is 62.4 Å². The fraction of sp³-hybridized carbons (Fsp3) is 1.00. The summed E-state index contributed by atoms with van der Waals surface area (Å²) < 4.78 is 0. The maximum absolute atomic E-state index is 5.82. The van der Waals surface area contributed by atoms with Gasteiger partial charge in [0.15, 0.2) is 0 Å². The number of thiol groups is 1. The van der Waals surface area contributed by atoms with Crippen LogP contribution in [0, 0.1) is 5.92 Å². The first kappa shape index (κ1) is 7.42. The highest BCUT2D eigenvalue weighted by Gasteiger charge is 2.24. The molecule has 0 spiro atoms. The van der Waals surface area contributed by atoms with Gasteiger partial charge in [-0.25, -0.2) is 0 Å². The normalized spacial score (nSPS) is 45.0. The second kappa shape index (κ2) is 2.93. The van der Waals surface area contributed by atoms with Crippen molar-refractivity contribution in [3.63, 3.8) is 0 Å². The minimum atomic E-state index is 0.404. The largest absolute Gasteiger partial charge is 0.327 e. The first-order chi connectivity index (χ1) is 4.22. The lowest BCUT2D eigenvalue weighted by Crippen LogP contribution is -2.37. The third kappa shape index (κ3) is 1.62. The van der Waals surface area contributed by atoms with Gasteiger partial charge in [-0.05, 0) is 18.8 Å². The van der Waals surface area contributed by atoms with E-state index in [-0.39, 0.29) is 0 Å². The SMILES string of the molecule is CC1C(N)CCCC1S. The third-order valence-corrected chi connectivity index (χ3v) is 3.05. The lowest BCUT2D eigenvalue weighted by Gasteiger charge is -2.30. The van der Waals surface area contributed by atoms with Crippen molar-refractivity contribution in [2.75, 3.05) is 0 Å². The van der Waals surface area contributed by atoms with Gasteiger partial charge in [0.1, 0.15) is 0 Å². The number of hydrogen-bond donors (Lipinski definition) is 2. The van der Waals surface area contributed by atoms with Gasteiger partial charge in [-0.3, -0.25) is 0 Å². The smallest absolute Gasteiger partial charge is 0.00750 e. The Kier molecular flexibility index (Phi) is 2.42. The van der Waals surface area contributed by atoms with Crippen molar-refractivity contribution in [3.05, 3.63) is 0 Å². The second-order valence-electron chi connectivity index (χ2n) is 3.02. The number of hydrogen-bond acceptors (Lipinski definition) is 2. The summed E-state index contributed by atoms with van der Waals surface area (Å²) in [6.07, 6.45) is 3.70. The van der Waals surface area contributed by atoms with Gasteiger partial charge >= 0.3 is 0 Å². The molecule has 0 aliphatic heterocycles. The standard InChI is InChI=1S/C7H15NS/c1-5-6(8)3-2-4-7(5)9/h5-7,9H,2-4,8H2,1H3. The van der Waals surface area contributed by atoms with Crippen LogP contribution < -0.4 is 5.73 Å². The van der Waals surface area contributed by atoms with E-state index in [1.165, 1.54) is 19.3 Å². The first-order valence-electron chi connectivity index (χ1n) is 3.65. The highest BCUT2D eigenvalue weighted by Crippen LogP contribution is 2.26. The van der Waals surface area contributed by atoms with E-state index >= 15 is 0 Å². The maximum atomic E-state index is 5.82. The van der Waals surface area contributed by atoms with Gasteiger partial charge in [0, 0.05) is 11.3 Å². The van der Waals surface area contributed by atoms with Crippen LogP contribution in [0.2, 0.25) is 0 Å². The zero-order valence-electron chi connectivity index (χ0n) is 5.88. The quantitative estimate of drug-likeness (QED) is 0.495. The van der Waals surface area contributed by atoms with Gasteiger partial charge in [-0.1, -0.05) is 13.3 Å². The monoisotopic (exact) mass is 145 g/mol. The van der Waals surface area contributed by atoms with E-state index in [0.717, 1.165) is 0 Å². The topological polar surface area (TPSA) is 26.0 Å². The van der Waals surface area contributed by atoms with Crippen LogP contribution in [0.4, 0.5) is 0 Å². The van der Waals surface area contributed by atoms with Crippen LogP contribution in [-0.2, 0) is 0 Å². The van der Waals surface area contributed by atoms with Gasteiger partial charge in [0.2, 0.25) is 0 Å². The summed E-state index contributed by atoms with van der Waals surface area (Å²) in [5.41, 5.74) is 5.82. The van der Waals surface area contributed by atoms with Crippen LogP contribution in [0.3, 0.4) is 0 Å². The molecule has 0 radical (unpaired) electrons. The van der Waals surface area contributed by atoms with E-state index in [4.69, 9.17) is 5.73 Å². The molecule has 9 heavy (non-hydrogen) atoms. The van der Waals surface area contributed by atoms with Crippen molar-refractivity contribution < 1.29 is 0 Å². The fourth-order valence-electron chi connectivity index (χ4n) is 1.37. The molecule has 1 fully saturated rings. The van der Waals surface area contributed by atoms with Crippen molar-refractivity contribution in [2.45, 2.75) is 37.5 Å². The van der Waals surface area contributed by atoms with Gasteiger partial charge < -0.3 is 5.73 Å². The van der Waals surface area contributed by atoms with E-state index in [9.17, 15) is 0 Å². The maximum Gasteiger partial charge on any atom is 0.00750 e. The summed E-state index contributed by atoms with van der Waals surface area (Å²) in [4.78, 5) is 0. The van der Waals surface area contributed by atoms with Gasteiger partial charge in [0.05, 0.1) is 0 Å². The molecule has 0 aromatic heterocycles. The predicted molar refractivity (Wildman–Crippen MR) is 43.8 cm³/mol. The molecule has 0 bridgehead atoms. The minimum Gasteiger partial charge on any atom is -0.327 e. The van der Waals surface area contributed by atoms with Crippen LogP contribution in [0.25, 0.3) is 0 Å². The second-order valence-corrected chi connectivity index (χ2v) is 3.68. The Hall–Kier alpha value is 0.310. The summed E-state index contributed by atoms with van der Waals surface area (Å²) in [6.45, 7) is 2.20. The Balaban J connectivity index is 2.41. The lowest BCUT2D eigenvalue weighted by molar-refractivity contribution is 0.343. The molecule has 0 heterocycles. The molecule has 3 unspecified atom stereocenters. The van der Waals surface area contributed by atoms with E-state index in [1.54, 1.807) is 0 Å². The highest BCUT2D eigenvalue weighted by atomic mass is 32.1. The van der Waals surface area contributed by atoms with E-state index in [2.05, 4.69) is 19.6 Å². The summed E-state index contributed by atoms with van der Waals surface area (Å²) >= 11 is 4.44. The van der Waals surface area contributed by atoms with Crippen LogP contribution >= 0.6 is 12.6 Å². The fourth-order valence-corrected chi connectivity index (χ4v) is 1.78. The summed E-state index contributed by atoms with van der Waals surface area (Å²) in [7, 11) is 0. The summed E-state index contributed by atoms with van der Waals surface area (Å²) in [6, 6.07) is 0.404. The Morgan fingerprint density at radius 2 is 2.11 bits per heavy atom. The van der Waals surface area contributed by atoms with Gasteiger partial charge in [-0.15, -0.1) is 0 Å². The third-order valence-electron chi connectivity index (χ3n) is 2.32. The Morgan fingerprint density at radius 3 is 2.56 bits per heavy atom. The highest BCUT2D eigenvalue weighted by molar-refractivity contribution is 7.81. The molecule has 54 valence electrons. The summed E-state index contributed by atoms with van der Waals surface area (Å²) in [5.74, 6) is 0.613. The lowest BCUT2D eigenvalue weighted by atomic mass is 9.86. The molecule has 1 aliphatic rings. The van der Waals surface area contributed by atoms with Gasteiger partial charge in [-0.2, -0.15) is 12.6 Å². The van der Waals surface area contributed by atoms with Crippen molar-refractivity contribution in [1.29, 1.82) is 0 Å². The van der Waals surface area contributed by atoms with Crippen molar-refractivity contribution in [3.8, 4) is 0 Å². The zero-order valence-corrected chi connectivity index (χ0v) is 6.77. The molecule has 0 amide bonds. The Bertz CT molecular complexity index is 84.9. The summed E-state index contributed by atoms with van der Waals surface area (Å²) in [5, 5.41) is 0.550. The molecular weight excluding hydrogens is 130 g/mol. The molecule has 2 N–H and O–H groups in total. The van der Waals surface area contributed by atoms with Gasteiger partial charge in [0.25, 0.3) is 0 Å². The van der Waals surface area contributed by atoms with Crippen LogP contribution in [0.5, 0.6) is 0 Å². The molecule has 1 aliphatic carbocycles. The number of rotatable bonds is 0. The Morgan fingerprint density at radius 1 is 1.44 bits per heavy atom. The van der Waals surface area contributed by atoms with Crippen molar-refractivity contribution >= 4 is 12.6 Å². The van der Waals surface area contributed by atoms with Crippen LogP contribution in [-0.4, -0.2) is 11.3 Å². The van der Waals surface area contributed by atoms with E-state index in [1.807, 2.05) is 0 Å². The van der Waals surface area contributed by atoms with Crippen molar-refractivity contribution in [2.24, 2.45) is 11.7 Å². The molecule has 0 aromatic carbocycles. The molecule has 0 saturated heterocycles. The molecule has 2 heteroatoms. The molecule has 1 nitrogen and oxygen atoms in total. The molecule has 1 saturated carbocycles. The minimum absolute atomic E-state index is 0.404. The van der Waals surface area contributed by atoms with Crippen LogP contribution in [0.15, 0.2) is 0 Å². The molecule has 0 aromatic rings. The van der Waals surface area contributed by atoms with E-state index in [0.29, 0.717) is 17.2 Å². The molecular formula is C7H15NS. The van der Waals surface area contributed by atoms with Crippen LogP contribution in [0.1, 0.15) is 26.2 Å². The van der Waals surface area contributed by atoms with Crippen molar-refractivity contribution in [1.82, 2.24) is 0 Å². The average Bonchev–Trinajstić information content (AvgIpc) is 1.83. The first-order valence-corrected chi connectivity index (χ1v) is 4.17. The molecule has 3 atom stereocenters. The number of nitrogens with two attached hydrogens (primary N) is 1. The van der Waals surface area contributed by atoms with E-state index < -0.39 is 0 Å². The average molecular weight is 145 g/mol. The molecule has 1 rings (SSSR count). The predicted octanol–water partition coefficient (Wildman–Crippen LogP) is 1.43. The zero-order chi connectivity index (χ0) is 6.85.